The van der Waals surface area contributed by atoms with Crippen LogP contribution in [0.3, 0.4) is 0 Å². The predicted octanol–water partition coefficient (Wildman–Crippen LogP) is 2.65. The Balaban J connectivity index is 1.52. The molecule has 0 bridgehead atoms. The molecule has 0 aromatic heterocycles. The van der Waals surface area contributed by atoms with Crippen LogP contribution in [0.4, 0.5) is 0 Å². The summed E-state index contributed by atoms with van der Waals surface area (Å²) >= 11 is 2.21. The average molecular weight is 424 g/mol. The molecule has 1 atom stereocenters. The molecule has 3 fully saturated rings. The topological polar surface area (TPSA) is 51.2 Å². The molecule has 7 heteroatoms. The molecule has 1 amide bonds. The molecule has 2 saturated heterocycles. The summed E-state index contributed by atoms with van der Waals surface area (Å²) in [6.07, 6.45) is 10.0. The van der Waals surface area contributed by atoms with Gasteiger partial charge < -0.3 is 15.1 Å². The molecule has 29 heavy (non-hydrogen) atoms. The second-order valence-electron chi connectivity index (χ2n) is 9.03. The molecular formula is C22H41N5OS. The van der Waals surface area contributed by atoms with Gasteiger partial charge in [0.15, 0.2) is 5.96 Å². The lowest BCUT2D eigenvalue weighted by Gasteiger charge is -2.45. The van der Waals surface area contributed by atoms with E-state index in [9.17, 15) is 4.79 Å². The van der Waals surface area contributed by atoms with Gasteiger partial charge in [0, 0.05) is 57.3 Å². The Labute approximate surface area is 181 Å². The van der Waals surface area contributed by atoms with Crippen molar-refractivity contribution in [1.29, 1.82) is 0 Å². The molecule has 166 valence electrons. The molecule has 1 aliphatic carbocycles. The smallest absolute Gasteiger partial charge is 0.239 e. The van der Waals surface area contributed by atoms with Crippen LogP contribution >= 0.6 is 11.8 Å². The molecule has 3 aliphatic rings. The Morgan fingerprint density at radius 3 is 2.72 bits per heavy atom. The van der Waals surface area contributed by atoms with Crippen LogP contribution in [-0.2, 0) is 4.79 Å². The lowest BCUT2D eigenvalue weighted by atomic mass is 9.87. The first-order valence-corrected chi connectivity index (χ1v) is 12.7. The van der Waals surface area contributed by atoms with Gasteiger partial charge in [-0.3, -0.25) is 14.7 Å². The largest absolute Gasteiger partial charge is 0.357 e. The van der Waals surface area contributed by atoms with Gasteiger partial charge in [0.25, 0.3) is 0 Å². The number of carbonyl (C=O) groups excluding carboxylic acids is 1. The van der Waals surface area contributed by atoms with Gasteiger partial charge in [0.1, 0.15) is 0 Å². The lowest BCUT2D eigenvalue weighted by Crippen LogP contribution is -2.53. The minimum atomic E-state index is 0.0764. The molecule has 0 aromatic rings. The number of likely N-dealkylation sites (tertiary alicyclic amines) is 1. The Kier molecular flexibility index (Phi) is 8.54. The van der Waals surface area contributed by atoms with Crippen LogP contribution in [-0.4, -0.2) is 96.5 Å². The van der Waals surface area contributed by atoms with E-state index in [0.717, 1.165) is 64.5 Å². The number of hydrogen-bond acceptors (Lipinski definition) is 4. The molecule has 2 heterocycles. The Morgan fingerprint density at radius 2 is 2.00 bits per heavy atom. The SMILES string of the molecule is CCNC(=NCCCN1CCCC1C(=O)N(C)C)N1CCSC2(CCCCC2)C1. The standard InChI is InChI=1S/C22H41N5OS/c1-4-23-21(27-16-17-29-22(18-27)11-6-5-7-12-22)24-13-9-15-26-14-8-10-19(26)20(28)25(2)3/h19H,4-18H2,1-3H3,(H,23,24). The van der Waals surface area contributed by atoms with Gasteiger partial charge >= 0.3 is 0 Å². The maximum absolute atomic E-state index is 12.4. The van der Waals surface area contributed by atoms with Crippen molar-refractivity contribution in [3.05, 3.63) is 0 Å². The van der Waals surface area contributed by atoms with Crippen molar-refractivity contribution in [1.82, 2.24) is 20.0 Å². The summed E-state index contributed by atoms with van der Waals surface area (Å²) in [5.41, 5.74) is 0. The van der Waals surface area contributed by atoms with Crippen molar-refractivity contribution in [2.75, 3.05) is 59.1 Å². The summed E-state index contributed by atoms with van der Waals surface area (Å²) in [6, 6.07) is 0.0764. The summed E-state index contributed by atoms with van der Waals surface area (Å²) in [5, 5.41) is 3.54. The molecular weight excluding hydrogens is 382 g/mol. The lowest BCUT2D eigenvalue weighted by molar-refractivity contribution is -0.133. The first-order valence-electron chi connectivity index (χ1n) is 11.7. The summed E-state index contributed by atoms with van der Waals surface area (Å²) in [4.78, 5) is 24.0. The van der Waals surface area contributed by atoms with Crippen LogP contribution < -0.4 is 5.32 Å². The fraction of sp³-hybridized carbons (Fsp3) is 0.909. The summed E-state index contributed by atoms with van der Waals surface area (Å²) in [6.45, 7) is 8.16. The van der Waals surface area contributed by atoms with Gasteiger partial charge in [-0.05, 0) is 45.6 Å². The van der Waals surface area contributed by atoms with Crippen molar-refractivity contribution >= 4 is 23.6 Å². The minimum Gasteiger partial charge on any atom is -0.357 e. The van der Waals surface area contributed by atoms with E-state index in [1.807, 2.05) is 14.1 Å². The van der Waals surface area contributed by atoms with Crippen molar-refractivity contribution < 1.29 is 4.79 Å². The highest BCUT2D eigenvalue weighted by molar-refractivity contribution is 8.00. The number of hydrogen-bond donors (Lipinski definition) is 1. The van der Waals surface area contributed by atoms with E-state index in [1.165, 1.54) is 37.9 Å². The van der Waals surface area contributed by atoms with Gasteiger partial charge in [0.2, 0.25) is 5.91 Å². The van der Waals surface area contributed by atoms with Gasteiger partial charge in [-0.25, -0.2) is 0 Å². The second-order valence-corrected chi connectivity index (χ2v) is 10.6. The molecule has 1 N–H and O–H groups in total. The monoisotopic (exact) mass is 423 g/mol. The molecule has 0 aromatic carbocycles. The van der Waals surface area contributed by atoms with E-state index in [1.54, 1.807) is 4.90 Å². The number of likely N-dealkylation sites (N-methyl/N-ethyl adjacent to an activating group) is 1. The molecule has 1 spiro atoms. The highest BCUT2D eigenvalue weighted by atomic mass is 32.2. The number of guanidine groups is 1. The fourth-order valence-corrected chi connectivity index (χ4v) is 6.65. The van der Waals surface area contributed by atoms with E-state index in [0.29, 0.717) is 4.75 Å². The predicted molar refractivity (Wildman–Crippen MR) is 124 cm³/mol. The summed E-state index contributed by atoms with van der Waals surface area (Å²) in [7, 11) is 3.73. The zero-order valence-corrected chi connectivity index (χ0v) is 19.6. The zero-order valence-electron chi connectivity index (χ0n) is 18.8. The molecule has 0 radical (unpaired) electrons. The fourth-order valence-electron chi connectivity index (χ4n) is 5.08. The van der Waals surface area contributed by atoms with Crippen LogP contribution in [0.25, 0.3) is 0 Å². The second kappa shape index (κ2) is 10.9. The Morgan fingerprint density at radius 1 is 1.21 bits per heavy atom. The zero-order chi connectivity index (χ0) is 20.7. The third-order valence-corrected chi connectivity index (χ3v) is 8.14. The third kappa shape index (κ3) is 6.03. The Hall–Kier alpha value is -0.950. The van der Waals surface area contributed by atoms with E-state index in [4.69, 9.17) is 4.99 Å². The van der Waals surface area contributed by atoms with Crippen molar-refractivity contribution in [2.24, 2.45) is 4.99 Å². The van der Waals surface area contributed by atoms with E-state index < -0.39 is 0 Å². The van der Waals surface area contributed by atoms with Gasteiger partial charge in [-0.1, -0.05) is 19.3 Å². The van der Waals surface area contributed by atoms with Crippen molar-refractivity contribution in [3.63, 3.8) is 0 Å². The number of aliphatic imine (C=N–C) groups is 1. The van der Waals surface area contributed by atoms with E-state index in [2.05, 4.69) is 33.8 Å². The maximum Gasteiger partial charge on any atom is 0.239 e. The third-order valence-electron chi connectivity index (χ3n) is 6.60. The number of thioether (sulfide) groups is 1. The normalized spacial score (nSPS) is 25.4. The van der Waals surface area contributed by atoms with Crippen LogP contribution in [0.15, 0.2) is 4.99 Å². The quantitative estimate of drug-likeness (QED) is 0.404. The van der Waals surface area contributed by atoms with Gasteiger partial charge in [-0.2, -0.15) is 11.8 Å². The van der Waals surface area contributed by atoms with Crippen molar-refractivity contribution in [3.8, 4) is 0 Å². The molecule has 6 nitrogen and oxygen atoms in total. The van der Waals surface area contributed by atoms with E-state index >= 15 is 0 Å². The minimum absolute atomic E-state index is 0.0764. The number of carbonyl (C=O) groups is 1. The highest BCUT2D eigenvalue weighted by Gasteiger charge is 2.38. The van der Waals surface area contributed by atoms with E-state index in [-0.39, 0.29) is 11.9 Å². The first kappa shape index (κ1) is 22.7. The maximum atomic E-state index is 12.4. The molecule has 1 unspecified atom stereocenters. The van der Waals surface area contributed by atoms with Crippen LogP contribution in [0.2, 0.25) is 0 Å². The average Bonchev–Trinajstić information content (AvgIpc) is 3.18. The van der Waals surface area contributed by atoms with Gasteiger partial charge in [-0.15, -0.1) is 0 Å². The van der Waals surface area contributed by atoms with Crippen LogP contribution in [0.1, 0.15) is 58.3 Å². The van der Waals surface area contributed by atoms with Crippen LogP contribution in [0.5, 0.6) is 0 Å². The van der Waals surface area contributed by atoms with Crippen molar-refractivity contribution in [2.45, 2.75) is 69.1 Å². The summed E-state index contributed by atoms with van der Waals surface area (Å²) < 4.78 is 0.460. The number of nitrogens with one attached hydrogen (secondary N) is 1. The number of amides is 1. The highest BCUT2D eigenvalue weighted by Crippen LogP contribution is 2.42. The number of nitrogens with zero attached hydrogens (tertiary/aromatic N) is 4. The molecule has 2 aliphatic heterocycles. The Bertz CT molecular complexity index is 556. The van der Waals surface area contributed by atoms with Gasteiger partial charge in [0.05, 0.1) is 6.04 Å². The summed E-state index contributed by atoms with van der Waals surface area (Å²) in [5.74, 6) is 2.56. The van der Waals surface area contributed by atoms with Crippen LogP contribution in [0, 0.1) is 0 Å². The number of rotatable bonds is 6. The molecule has 1 saturated carbocycles. The molecule has 3 rings (SSSR count). The first-order chi connectivity index (χ1) is 14.0.